The Morgan fingerprint density at radius 3 is 2.70 bits per heavy atom. The Labute approximate surface area is 120 Å². The fraction of sp³-hybridized carbons (Fsp3) is 0.562. The summed E-state index contributed by atoms with van der Waals surface area (Å²) in [6.07, 6.45) is 0. The van der Waals surface area contributed by atoms with Crippen LogP contribution >= 0.6 is 0 Å². The maximum Gasteiger partial charge on any atom is 0.311 e. The molecule has 110 valence electrons. The summed E-state index contributed by atoms with van der Waals surface area (Å²) in [6, 6.07) is 7.90. The maximum atomic E-state index is 12.3. The monoisotopic (exact) mass is 277 g/mol. The Morgan fingerprint density at radius 2 is 2.05 bits per heavy atom. The predicted octanol–water partition coefficient (Wildman–Crippen LogP) is 2.34. The van der Waals surface area contributed by atoms with E-state index >= 15 is 0 Å². The van der Waals surface area contributed by atoms with Crippen LogP contribution in [0.15, 0.2) is 24.3 Å². The molecule has 1 aliphatic heterocycles. The average molecular weight is 277 g/mol. The number of nitrogens with one attached hydrogen (secondary N) is 1. The van der Waals surface area contributed by atoms with Crippen LogP contribution in [-0.2, 0) is 9.53 Å². The van der Waals surface area contributed by atoms with Crippen molar-refractivity contribution < 1.29 is 14.3 Å². The Bertz CT molecular complexity index is 479. The van der Waals surface area contributed by atoms with Gasteiger partial charge >= 0.3 is 5.97 Å². The highest BCUT2D eigenvalue weighted by atomic mass is 16.6. The number of carbonyl (C=O) groups excluding carboxylic acids is 1. The van der Waals surface area contributed by atoms with E-state index in [1.54, 1.807) is 7.11 Å². The Kier molecular flexibility index (Phi) is 4.33. The molecule has 4 nitrogen and oxygen atoms in total. The molecule has 1 saturated heterocycles. The van der Waals surface area contributed by atoms with E-state index in [1.165, 1.54) is 0 Å². The van der Waals surface area contributed by atoms with Crippen LogP contribution in [0.4, 0.5) is 0 Å². The van der Waals surface area contributed by atoms with Crippen LogP contribution in [-0.4, -0.2) is 31.8 Å². The molecular formula is C16H23NO3. The lowest BCUT2D eigenvalue weighted by molar-refractivity contribution is -0.159. The first kappa shape index (κ1) is 14.9. The van der Waals surface area contributed by atoms with E-state index in [2.05, 4.69) is 5.32 Å². The van der Waals surface area contributed by atoms with E-state index in [4.69, 9.17) is 9.47 Å². The molecule has 1 aromatic rings. The summed E-state index contributed by atoms with van der Waals surface area (Å²) >= 11 is 0. The van der Waals surface area contributed by atoms with E-state index in [0.717, 1.165) is 17.9 Å². The Hall–Kier alpha value is -1.55. The molecule has 0 saturated carbocycles. The summed E-state index contributed by atoms with van der Waals surface area (Å²) in [7, 11) is 1.65. The highest BCUT2D eigenvalue weighted by molar-refractivity contribution is 5.75. The topological polar surface area (TPSA) is 47.6 Å². The van der Waals surface area contributed by atoms with E-state index in [0.29, 0.717) is 6.54 Å². The minimum absolute atomic E-state index is 0.129. The van der Waals surface area contributed by atoms with Crippen LogP contribution < -0.4 is 10.1 Å². The van der Waals surface area contributed by atoms with E-state index in [9.17, 15) is 4.79 Å². The zero-order chi connectivity index (χ0) is 14.8. The Morgan fingerprint density at radius 1 is 1.30 bits per heavy atom. The molecule has 0 aliphatic carbocycles. The third kappa shape index (κ3) is 3.51. The van der Waals surface area contributed by atoms with Crippen molar-refractivity contribution in [3.05, 3.63) is 29.8 Å². The van der Waals surface area contributed by atoms with Gasteiger partial charge in [-0.1, -0.05) is 12.1 Å². The van der Waals surface area contributed by atoms with Gasteiger partial charge < -0.3 is 14.8 Å². The zero-order valence-corrected chi connectivity index (χ0v) is 12.6. The first-order chi connectivity index (χ1) is 9.40. The van der Waals surface area contributed by atoms with Gasteiger partial charge in [-0.15, -0.1) is 0 Å². The molecule has 1 heterocycles. The van der Waals surface area contributed by atoms with Gasteiger partial charge in [0.15, 0.2) is 0 Å². The summed E-state index contributed by atoms with van der Waals surface area (Å²) in [6.45, 7) is 7.14. The summed E-state index contributed by atoms with van der Waals surface area (Å²) in [5.41, 5.74) is 0.670. The number of hydrogen-bond acceptors (Lipinski definition) is 4. The SMILES string of the molecule is COc1cccc([C@@H]2CNC[C@H]2C(=O)OC(C)(C)C)c1. The standard InChI is InChI=1S/C16H23NO3/c1-16(2,3)20-15(18)14-10-17-9-13(14)11-6-5-7-12(8-11)19-4/h5-8,13-14,17H,9-10H2,1-4H3/t13-,14+/m0/s1. The second-order valence-corrected chi connectivity index (χ2v) is 6.18. The number of esters is 1. The lowest BCUT2D eigenvalue weighted by Gasteiger charge is -2.24. The maximum absolute atomic E-state index is 12.3. The quantitative estimate of drug-likeness (QED) is 0.862. The van der Waals surface area contributed by atoms with Crippen molar-refractivity contribution >= 4 is 5.97 Å². The highest BCUT2D eigenvalue weighted by Crippen LogP contribution is 2.31. The number of hydrogen-bond donors (Lipinski definition) is 1. The average Bonchev–Trinajstić information content (AvgIpc) is 2.86. The summed E-state index contributed by atoms with van der Waals surface area (Å²) in [5.74, 6) is 0.689. The fourth-order valence-corrected chi connectivity index (χ4v) is 2.53. The molecule has 0 radical (unpaired) electrons. The van der Waals surface area contributed by atoms with Crippen molar-refractivity contribution in [2.24, 2.45) is 5.92 Å². The van der Waals surface area contributed by atoms with Crippen molar-refractivity contribution in [2.45, 2.75) is 32.3 Å². The lowest BCUT2D eigenvalue weighted by atomic mass is 9.88. The van der Waals surface area contributed by atoms with Gasteiger partial charge in [-0.25, -0.2) is 0 Å². The molecule has 2 atom stereocenters. The molecule has 0 spiro atoms. The van der Waals surface area contributed by atoms with Crippen molar-refractivity contribution in [1.29, 1.82) is 0 Å². The molecule has 0 aromatic heterocycles. The molecule has 0 unspecified atom stereocenters. The third-order valence-corrected chi connectivity index (χ3v) is 3.45. The number of carbonyl (C=O) groups is 1. The second-order valence-electron chi connectivity index (χ2n) is 6.18. The van der Waals surface area contributed by atoms with Crippen LogP contribution in [0.25, 0.3) is 0 Å². The van der Waals surface area contributed by atoms with E-state index in [-0.39, 0.29) is 17.8 Å². The van der Waals surface area contributed by atoms with E-state index in [1.807, 2.05) is 45.0 Å². The van der Waals surface area contributed by atoms with Crippen LogP contribution in [0.5, 0.6) is 5.75 Å². The number of ether oxygens (including phenoxy) is 2. The molecule has 2 rings (SSSR count). The molecule has 1 fully saturated rings. The number of benzene rings is 1. The van der Waals surface area contributed by atoms with Gasteiger partial charge in [-0.2, -0.15) is 0 Å². The molecule has 1 N–H and O–H groups in total. The molecule has 20 heavy (non-hydrogen) atoms. The van der Waals surface area contributed by atoms with Gasteiger partial charge in [0, 0.05) is 19.0 Å². The van der Waals surface area contributed by atoms with Gasteiger partial charge in [0.2, 0.25) is 0 Å². The summed E-state index contributed by atoms with van der Waals surface area (Å²) in [4.78, 5) is 12.3. The van der Waals surface area contributed by atoms with Gasteiger partial charge in [-0.3, -0.25) is 4.79 Å². The number of rotatable bonds is 3. The third-order valence-electron chi connectivity index (χ3n) is 3.45. The lowest BCUT2D eigenvalue weighted by Crippen LogP contribution is -2.31. The Balaban J connectivity index is 2.16. The molecule has 0 bridgehead atoms. The predicted molar refractivity (Wildman–Crippen MR) is 77.9 cm³/mol. The minimum Gasteiger partial charge on any atom is -0.497 e. The van der Waals surface area contributed by atoms with Crippen molar-refractivity contribution in [3.63, 3.8) is 0 Å². The largest absolute Gasteiger partial charge is 0.497 e. The number of methoxy groups -OCH3 is 1. The second kappa shape index (κ2) is 5.83. The van der Waals surface area contributed by atoms with Gasteiger partial charge in [-0.05, 0) is 38.5 Å². The van der Waals surface area contributed by atoms with Crippen LogP contribution in [0.2, 0.25) is 0 Å². The molecule has 4 heteroatoms. The van der Waals surface area contributed by atoms with Gasteiger partial charge in [0.25, 0.3) is 0 Å². The summed E-state index contributed by atoms with van der Waals surface area (Å²) < 4.78 is 10.8. The van der Waals surface area contributed by atoms with Crippen LogP contribution in [0.1, 0.15) is 32.3 Å². The van der Waals surface area contributed by atoms with Crippen molar-refractivity contribution in [2.75, 3.05) is 20.2 Å². The first-order valence-electron chi connectivity index (χ1n) is 6.98. The molecule has 1 aliphatic rings. The minimum atomic E-state index is -0.446. The van der Waals surface area contributed by atoms with Gasteiger partial charge in [0.05, 0.1) is 13.0 Å². The highest BCUT2D eigenvalue weighted by Gasteiger charge is 2.36. The first-order valence-corrected chi connectivity index (χ1v) is 6.98. The molecule has 1 aromatic carbocycles. The zero-order valence-electron chi connectivity index (χ0n) is 12.6. The smallest absolute Gasteiger partial charge is 0.311 e. The molecule has 0 amide bonds. The van der Waals surface area contributed by atoms with Crippen LogP contribution in [0.3, 0.4) is 0 Å². The van der Waals surface area contributed by atoms with Crippen molar-refractivity contribution in [3.8, 4) is 5.75 Å². The van der Waals surface area contributed by atoms with E-state index < -0.39 is 5.60 Å². The van der Waals surface area contributed by atoms with Crippen molar-refractivity contribution in [1.82, 2.24) is 5.32 Å². The fourth-order valence-electron chi connectivity index (χ4n) is 2.53. The normalized spacial score (nSPS) is 22.6. The van der Waals surface area contributed by atoms with Gasteiger partial charge in [0.1, 0.15) is 11.4 Å². The molecular weight excluding hydrogens is 254 g/mol. The van der Waals surface area contributed by atoms with Crippen LogP contribution in [0, 0.1) is 5.92 Å². The summed E-state index contributed by atoms with van der Waals surface area (Å²) in [5, 5.41) is 3.28.